The SMILES string of the molecule is CCN(CC)C(CNC(=NC)NCCCOC1CCOC1)c1ccco1.I. The van der Waals surface area contributed by atoms with Gasteiger partial charge in [-0.1, -0.05) is 13.8 Å². The average molecular weight is 494 g/mol. The molecule has 0 aliphatic carbocycles. The summed E-state index contributed by atoms with van der Waals surface area (Å²) < 4.78 is 16.7. The Morgan fingerprint density at radius 2 is 2.19 bits per heavy atom. The molecule has 0 aromatic carbocycles. The lowest BCUT2D eigenvalue weighted by atomic mass is 10.2. The van der Waals surface area contributed by atoms with Crippen LogP contribution in [0.25, 0.3) is 0 Å². The third kappa shape index (κ3) is 8.37. The van der Waals surface area contributed by atoms with E-state index in [-0.39, 0.29) is 36.1 Å². The summed E-state index contributed by atoms with van der Waals surface area (Å²) in [5, 5.41) is 6.76. The zero-order valence-corrected chi connectivity index (χ0v) is 19.1. The molecule has 7 nitrogen and oxygen atoms in total. The van der Waals surface area contributed by atoms with Gasteiger partial charge in [-0.05, 0) is 38.1 Å². The van der Waals surface area contributed by atoms with Crippen molar-refractivity contribution in [1.29, 1.82) is 0 Å². The van der Waals surface area contributed by atoms with E-state index < -0.39 is 0 Å². The molecule has 2 N–H and O–H groups in total. The maximum Gasteiger partial charge on any atom is 0.191 e. The van der Waals surface area contributed by atoms with Crippen molar-refractivity contribution in [2.45, 2.75) is 38.8 Å². The molecule has 2 atom stereocenters. The van der Waals surface area contributed by atoms with Crippen LogP contribution in [0.2, 0.25) is 0 Å². The Morgan fingerprint density at radius 3 is 2.78 bits per heavy atom. The first kappa shape index (κ1) is 24.2. The summed E-state index contributed by atoms with van der Waals surface area (Å²) in [6.07, 6.45) is 3.95. The second-order valence-corrected chi connectivity index (χ2v) is 6.34. The van der Waals surface area contributed by atoms with E-state index >= 15 is 0 Å². The van der Waals surface area contributed by atoms with Crippen molar-refractivity contribution in [3.8, 4) is 0 Å². The highest BCUT2D eigenvalue weighted by Gasteiger charge is 2.20. The lowest BCUT2D eigenvalue weighted by Gasteiger charge is -2.28. The van der Waals surface area contributed by atoms with Crippen LogP contribution < -0.4 is 10.6 Å². The largest absolute Gasteiger partial charge is 0.468 e. The van der Waals surface area contributed by atoms with Crippen molar-refractivity contribution < 1.29 is 13.9 Å². The Morgan fingerprint density at radius 1 is 1.37 bits per heavy atom. The molecule has 27 heavy (non-hydrogen) atoms. The lowest BCUT2D eigenvalue weighted by molar-refractivity contribution is 0.0420. The molecule has 156 valence electrons. The van der Waals surface area contributed by atoms with E-state index in [0.29, 0.717) is 0 Å². The van der Waals surface area contributed by atoms with Gasteiger partial charge in [-0.3, -0.25) is 9.89 Å². The fourth-order valence-corrected chi connectivity index (χ4v) is 3.14. The number of aliphatic imine (C=N–C) groups is 1. The van der Waals surface area contributed by atoms with Crippen LogP contribution in [0.4, 0.5) is 0 Å². The van der Waals surface area contributed by atoms with Crippen LogP contribution in [0.1, 0.15) is 38.5 Å². The van der Waals surface area contributed by atoms with E-state index in [9.17, 15) is 0 Å². The maximum absolute atomic E-state index is 5.78. The number of furan rings is 1. The van der Waals surface area contributed by atoms with Gasteiger partial charge in [-0.2, -0.15) is 0 Å². The van der Waals surface area contributed by atoms with Gasteiger partial charge >= 0.3 is 0 Å². The molecule has 0 bridgehead atoms. The summed E-state index contributed by atoms with van der Waals surface area (Å²) in [5.74, 6) is 1.78. The van der Waals surface area contributed by atoms with Gasteiger partial charge in [0.05, 0.1) is 25.0 Å². The Hall–Kier alpha value is -0.840. The van der Waals surface area contributed by atoms with Gasteiger partial charge in [-0.15, -0.1) is 24.0 Å². The molecule has 0 spiro atoms. The van der Waals surface area contributed by atoms with E-state index in [0.717, 1.165) is 70.6 Å². The Balaban J connectivity index is 0.00000364. The second kappa shape index (κ2) is 14.2. The lowest BCUT2D eigenvalue weighted by Crippen LogP contribution is -2.43. The van der Waals surface area contributed by atoms with Crippen molar-refractivity contribution in [3.63, 3.8) is 0 Å². The number of halogens is 1. The van der Waals surface area contributed by atoms with Crippen LogP contribution in [0, 0.1) is 0 Å². The Bertz CT molecular complexity index is 503. The first-order valence-corrected chi connectivity index (χ1v) is 9.69. The predicted molar refractivity (Wildman–Crippen MR) is 119 cm³/mol. The Kier molecular flexibility index (Phi) is 12.7. The second-order valence-electron chi connectivity index (χ2n) is 6.34. The molecule has 2 rings (SSSR count). The van der Waals surface area contributed by atoms with E-state index in [4.69, 9.17) is 13.9 Å². The molecule has 8 heteroatoms. The van der Waals surface area contributed by atoms with Crippen LogP contribution in [0.5, 0.6) is 0 Å². The van der Waals surface area contributed by atoms with Gasteiger partial charge < -0.3 is 24.5 Å². The summed E-state index contributed by atoms with van der Waals surface area (Å²) in [7, 11) is 1.79. The summed E-state index contributed by atoms with van der Waals surface area (Å²) >= 11 is 0. The highest BCUT2D eigenvalue weighted by molar-refractivity contribution is 14.0. The third-order valence-electron chi connectivity index (χ3n) is 4.67. The van der Waals surface area contributed by atoms with Crippen molar-refractivity contribution >= 4 is 29.9 Å². The van der Waals surface area contributed by atoms with Crippen molar-refractivity contribution in [3.05, 3.63) is 24.2 Å². The molecule has 2 heterocycles. The number of hydrogen-bond acceptors (Lipinski definition) is 5. The highest BCUT2D eigenvalue weighted by Crippen LogP contribution is 2.20. The molecule has 0 saturated carbocycles. The molecule has 1 aromatic rings. The number of likely N-dealkylation sites (N-methyl/N-ethyl adjacent to an activating group) is 1. The van der Waals surface area contributed by atoms with Gasteiger partial charge in [-0.25, -0.2) is 0 Å². The minimum absolute atomic E-state index is 0. The normalized spacial score (nSPS) is 18.4. The number of ether oxygens (including phenoxy) is 2. The van der Waals surface area contributed by atoms with E-state index in [1.165, 1.54) is 0 Å². The summed E-state index contributed by atoms with van der Waals surface area (Å²) in [6, 6.07) is 4.16. The molecule has 1 aliphatic heterocycles. The van der Waals surface area contributed by atoms with Crippen LogP contribution in [0.3, 0.4) is 0 Å². The van der Waals surface area contributed by atoms with Gasteiger partial charge in [0.2, 0.25) is 0 Å². The molecule has 1 saturated heterocycles. The maximum atomic E-state index is 5.78. The third-order valence-corrected chi connectivity index (χ3v) is 4.67. The number of rotatable bonds is 11. The van der Waals surface area contributed by atoms with Crippen LogP contribution in [-0.2, 0) is 9.47 Å². The highest BCUT2D eigenvalue weighted by atomic mass is 127. The van der Waals surface area contributed by atoms with Crippen molar-refractivity contribution in [1.82, 2.24) is 15.5 Å². The minimum atomic E-state index is 0. The van der Waals surface area contributed by atoms with Crippen LogP contribution in [0.15, 0.2) is 27.8 Å². The fourth-order valence-electron chi connectivity index (χ4n) is 3.14. The quantitative estimate of drug-likeness (QED) is 0.213. The predicted octanol–water partition coefficient (Wildman–Crippen LogP) is 2.64. The van der Waals surface area contributed by atoms with Gasteiger partial charge in [0.1, 0.15) is 5.76 Å². The first-order chi connectivity index (χ1) is 12.8. The summed E-state index contributed by atoms with van der Waals surface area (Å²) in [6.45, 7) is 10.1. The number of nitrogens with one attached hydrogen (secondary N) is 2. The number of nitrogens with zero attached hydrogens (tertiary/aromatic N) is 2. The minimum Gasteiger partial charge on any atom is -0.468 e. The fraction of sp³-hybridized carbons (Fsp3) is 0.737. The first-order valence-electron chi connectivity index (χ1n) is 9.69. The molecule has 0 amide bonds. The van der Waals surface area contributed by atoms with Gasteiger partial charge in [0.15, 0.2) is 5.96 Å². The van der Waals surface area contributed by atoms with Gasteiger partial charge in [0.25, 0.3) is 0 Å². The van der Waals surface area contributed by atoms with Gasteiger partial charge in [0, 0.05) is 33.4 Å². The molecule has 0 radical (unpaired) electrons. The summed E-state index contributed by atoms with van der Waals surface area (Å²) in [4.78, 5) is 6.68. The molecular formula is C19H35IN4O3. The van der Waals surface area contributed by atoms with E-state index in [2.05, 4.69) is 34.4 Å². The molecule has 1 fully saturated rings. The topological polar surface area (TPSA) is 71.3 Å². The van der Waals surface area contributed by atoms with Crippen molar-refractivity contribution in [2.75, 3.05) is 53.0 Å². The monoisotopic (exact) mass is 494 g/mol. The average Bonchev–Trinajstić information content (AvgIpc) is 3.37. The zero-order chi connectivity index (χ0) is 18.6. The smallest absolute Gasteiger partial charge is 0.191 e. The van der Waals surface area contributed by atoms with E-state index in [1.54, 1.807) is 13.3 Å². The van der Waals surface area contributed by atoms with Crippen LogP contribution >= 0.6 is 24.0 Å². The Labute approximate surface area is 180 Å². The standard InChI is InChI=1S/C19H34N4O3.HI/c1-4-23(5-2)17(18-8-6-11-26-18)14-22-19(20-3)21-10-7-12-25-16-9-13-24-15-16;/h6,8,11,16-17H,4-5,7,9-10,12-15H2,1-3H3,(H2,20,21,22);1H. The van der Waals surface area contributed by atoms with Crippen LogP contribution in [-0.4, -0.2) is 70.0 Å². The summed E-state index contributed by atoms with van der Waals surface area (Å²) in [5.41, 5.74) is 0. The molecule has 2 unspecified atom stereocenters. The number of guanidine groups is 1. The van der Waals surface area contributed by atoms with Crippen molar-refractivity contribution in [2.24, 2.45) is 4.99 Å². The molecule has 1 aliphatic rings. The van der Waals surface area contributed by atoms with E-state index in [1.807, 2.05) is 12.1 Å². The number of hydrogen-bond donors (Lipinski definition) is 2. The molecular weight excluding hydrogens is 459 g/mol. The zero-order valence-electron chi connectivity index (χ0n) is 16.8. The molecule has 1 aromatic heterocycles.